The number of benzene rings is 4. The summed E-state index contributed by atoms with van der Waals surface area (Å²) in [6.45, 7) is 7.87. The topological polar surface area (TPSA) is 106 Å². The van der Waals surface area contributed by atoms with Crippen molar-refractivity contribution in [3.63, 3.8) is 0 Å². The molecule has 11 heteroatoms. The lowest BCUT2D eigenvalue weighted by atomic mass is 9.76. The molecule has 0 bridgehead atoms. The highest BCUT2D eigenvalue weighted by molar-refractivity contribution is 9.10. The molecule has 0 saturated carbocycles. The van der Waals surface area contributed by atoms with E-state index in [0.29, 0.717) is 31.2 Å². The number of nitrogens with zero attached hydrogens (tertiary/aromatic N) is 4. The minimum atomic E-state index is -0.611. The maximum absolute atomic E-state index is 13.2. The van der Waals surface area contributed by atoms with Crippen LogP contribution in [-0.4, -0.2) is 95.5 Å². The summed E-state index contributed by atoms with van der Waals surface area (Å²) in [5, 5.41) is 12.5. The molecule has 9 rings (SSSR count). The Morgan fingerprint density at radius 2 is 1.58 bits per heavy atom. The number of carbonyl (C=O) groups is 3. The first kappa shape index (κ1) is 36.0. The van der Waals surface area contributed by atoms with Crippen LogP contribution < -0.4 is 15.0 Å². The number of hydrogen-bond acceptors (Lipinski definition) is 8. The smallest absolute Gasteiger partial charge is 0.255 e. The summed E-state index contributed by atoms with van der Waals surface area (Å²) in [6, 6.07) is 29.2. The van der Waals surface area contributed by atoms with Crippen LogP contribution in [-0.2, 0) is 22.7 Å². The molecule has 1 unspecified atom stereocenters. The number of rotatable bonds is 7. The molecule has 10 nitrogen and oxygen atoms in total. The lowest BCUT2D eigenvalue weighted by Gasteiger charge is -2.43. The van der Waals surface area contributed by atoms with Crippen molar-refractivity contribution in [2.75, 3.05) is 50.8 Å². The lowest BCUT2D eigenvalue weighted by Crippen LogP contribution is -2.53. The molecule has 3 atom stereocenters. The summed E-state index contributed by atoms with van der Waals surface area (Å²) in [7, 11) is 0. The summed E-state index contributed by atoms with van der Waals surface area (Å²) in [5.41, 5.74) is 7.61. The molecule has 4 aromatic rings. The molecule has 3 saturated heterocycles. The Hall–Kier alpha value is -4.71. The third kappa shape index (κ3) is 7.02. The van der Waals surface area contributed by atoms with Crippen molar-refractivity contribution < 1.29 is 24.2 Å². The van der Waals surface area contributed by atoms with Crippen LogP contribution in [0, 0.1) is 0 Å². The number of halogens is 1. The largest absolute Gasteiger partial charge is 0.508 e. The fourth-order valence-corrected chi connectivity index (χ4v) is 10.1. The van der Waals surface area contributed by atoms with E-state index in [4.69, 9.17) is 4.74 Å². The first-order valence-corrected chi connectivity index (χ1v) is 20.4. The van der Waals surface area contributed by atoms with Crippen LogP contribution in [0.3, 0.4) is 0 Å². The highest BCUT2D eigenvalue weighted by atomic mass is 79.9. The number of phenols is 1. The molecule has 5 aliphatic rings. The van der Waals surface area contributed by atoms with Gasteiger partial charge in [0.05, 0.1) is 6.61 Å². The van der Waals surface area contributed by atoms with Crippen LogP contribution in [0.15, 0.2) is 89.4 Å². The van der Waals surface area contributed by atoms with Gasteiger partial charge in [-0.1, -0.05) is 70.5 Å². The summed E-state index contributed by atoms with van der Waals surface area (Å²) >= 11 is 3.82. The highest BCUT2D eigenvalue weighted by Crippen LogP contribution is 2.47. The number of ether oxygens (including phenoxy) is 1. The maximum Gasteiger partial charge on any atom is 0.255 e. The number of fused-ring (bicyclic) bond motifs is 2. The van der Waals surface area contributed by atoms with E-state index in [1.54, 1.807) is 17.0 Å². The van der Waals surface area contributed by atoms with Crippen LogP contribution >= 0.6 is 15.9 Å². The summed E-state index contributed by atoms with van der Waals surface area (Å²) < 4.78 is 7.13. The van der Waals surface area contributed by atoms with Gasteiger partial charge in [0.15, 0.2) is 0 Å². The Bertz CT molecular complexity index is 2100. The molecule has 0 spiro atoms. The van der Waals surface area contributed by atoms with Gasteiger partial charge in [0.1, 0.15) is 17.5 Å². The quantitative estimate of drug-likeness (QED) is 0.219. The first-order valence-electron chi connectivity index (χ1n) is 19.6. The molecule has 3 amide bonds. The molecule has 0 aliphatic carbocycles. The maximum atomic E-state index is 13.2. The zero-order valence-electron chi connectivity index (χ0n) is 30.8. The number of carbonyl (C=O) groups excluding carboxylic acids is 3. The normalized spacial score (nSPS) is 23.7. The number of imide groups is 1. The molecule has 55 heavy (non-hydrogen) atoms. The molecule has 2 N–H and O–H groups in total. The van der Waals surface area contributed by atoms with Gasteiger partial charge in [0.25, 0.3) is 5.91 Å². The lowest BCUT2D eigenvalue weighted by molar-refractivity contribution is -0.136. The molecular formula is C44H46BrN5O5. The standard InChI is InChI=1S/C44H46BrN5O5/c45-42-30(8-12-34-36(42)26-50(44(34)54)38-14-15-40(52)46-43(38)53)25-47-20-22-49(23-21-47)32-16-18-48(19-17-32)31-9-6-29(7-10-31)41-35-13-11-33(51)24-39(35)55-27-37(41)28-4-2-1-3-5-28/h1-13,24,32,37-38,41,51H,14-23,25-27H2,(H,46,52,53)/t37-,38?,41-/m1/s1. The van der Waals surface area contributed by atoms with E-state index in [0.717, 1.165) is 85.6 Å². The minimum absolute atomic E-state index is 0.133. The van der Waals surface area contributed by atoms with E-state index in [2.05, 4.69) is 90.5 Å². The number of aromatic hydroxyl groups is 1. The Kier molecular flexibility index (Phi) is 9.86. The van der Waals surface area contributed by atoms with Crippen LogP contribution in [0.4, 0.5) is 5.69 Å². The van der Waals surface area contributed by atoms with Crippen molar-refractivity contribution in [3.05, 3.63) is 123 Å². The average Bonchev–Trinajstić information content (AvgIpc) is 3.55. The van der Waals surface area contributed by atoms with Crippen LogP contribution in [0.5, 0.6) is 11.5 Å². The van der Waals surface area contributed by atoms with Gasteiger partial charge in [-0.3, -0.25) is 29.5 Å². The molecule has 5 aliphatic heterocycles. The molecule has 284 valence electrons. The van der Waals surface area contributed by atoms with E-state index in [1.807, 2.05) is 18.2 Å². The summed E-state index contributed by atoms with van der Waals surface area (Å²) in [6.07, 6.45) is 2.90. The van der Waals surface area contributed by atoms with E-state index < -0.39 is 6.04 Å². The van der Waals surface area contributed by atoms with Crippen molar-refractivity contribution in [2.24, 2.45) is 0 Å². The fraction of sp³-hybridized carbons (Fsp3) is 0.386. The Labute approximate surface area is 330 Å². The summed E-state index contributed by atoms with van der Waals surface area (Å²) in [5.74, 6) is 0.493. The molecule has 4 aromatic carbocycles. The second-order valence-corrected chi connectivity index (χ2v) is 16.4. The van der Waals surface area contributed by atoms with Gasteiger partial charge in [-0.05, 0) is 65.8 Å². The molecular weight excluding hydrogens is 758 g/mol. The number of anilines is 1. The van der Waals surface area contributed by atoms with Gasteiger partial charge in [-0.2, -0.15) is 0 Å². The van der Waals surface area contributed by atoms with Crippen molar-refractivity contribution in [1.82, 2.24) is 20.0 Å². The molecule has 5 heterocycles. The van der Waals surface area contributed by atoms with Crippen molar-refractivity contribution >= 4 is 39.3 Å². The molecule has 3 fully saturated rings. The van der Waals surface area contributed by atoms with Gasteiger partial charge in [0, 0.05) is 104 Å². The molecule has 0 radical (unpaired) electrons. The predicted octanol–water partition coefficient (Wildman–Crippen LogP) is 6.01. The number of piperidine rings is 2. The highest BCUT2D eigenvalue weighted by Gasteiger charge is 2.40. The fourth-order valence-electron chi connectivity index (χ4n) is 9.48. The second-order valence-electron chi connectivity index (χ2n) is 15.6. The van der Waals surface area contributed by atoms with Crippen molar-refractivity contribution in [3.8, 4) is 11.5 Å². The zero-order chi connectivity index (χ0) is 37.6. The van der Waals surface area contributed by atoms with E-state index in [-0.39, 0.29) is 41.7 Å². The second kappa shape index (κ2) is 15.1. The zero-order valence-corrected chi connectivity index (χ0v) is 32.4. The van der Waals surface area contributed by atoms with Crippen molar-refractivity contribution in [2.45, 2.75) is 62.7 Å². The number of phenolic OH excluding ortho intramolecular Hbond substituents is 1. The van der Waals surface area contributed by atoms with Crippen molar-refractivity contribution in [1.29, 1.82) is 0 Å². The minimum Gasteiger partial charge on any atom is -0.508 e. The van der Waals surface area contributed by atoms with Crippen LogP contribution in [0.25, 0.3) is 0 Å². The van der Waals surface area contributed by atoms with Gasteiger partial charge < -0.3 is 19.6 Å². The van der Waals surface area contributed by atoms with Gasteiger partial charge in [0.2, 0.25) is 11.8 Å². The third-order valence-corrected chi connectivity index (χ3v) is 13.5. The van der Waals surface area contributed by atoms with Crippen LogP contribution in [0.1, 0.15) is 75.7 Å². The summed E-state index contributed by atoms with van der Waals surface area (Å²) in [4.78, 5) is 46.7. The molecule has 0 aromatic heterocycles. The van der Waals surface area contributed by atoms with Crippen LogP contribution in [0.2, 0.25) is 0 Å². The van der Waals surface area contributed by atoms with Gasteiger partial charge in [-0.15, -0.1) is 0 Å². The Morgan fingerprint density at radius 3 is 2.33 bits per heavy atom. The number of hydrogen-bond donors (Lipinski definition) is 2. The predicted molar refractivity (Wildman–Crippen MR) is 213 cm³/mol. The van der Waals surface area contributed by atoms with E-state index in [1.165, 1.54) is 16.8 Å². The number of amides is 3. The monoisotopic (exact) mass is 803 g/mol. The van der Waals surface area contributed by atoms with Gasteiger partial charge >= 0.3 is 0 Å². The van der Waals surface area contributed by atoms with Gasteiger partial charge in [-0.25, -0.2) is 0 Å². The Balaban J connectivity index is 0.792. The number of piperazine rings is 1. The van der Waals surface area contributed by atoms with E-state index >= 15 is 0 Å². The Morgan fingerprint density at radius 1 is 0.818 bits per heavy atom. The SMILES string of the molecule is O=C1CCC(N2Cc3c(ccc(CN4CCN(C5CCN(c6ccc([C@@H]7c8ccc(O)cc8OC[C@@H]7c7ccccc7)cc6)CC5)CC4)c3Br)C2=O)C(=O)N1. The third-order valence-electron chi connectivity index (χ3n) is 12.5. The average molecular weight is 805 g/mol. The number of nitrogens with one attached hydrogen (secondary N) is 1. The first-order chi connectivity index (χ1) is 26.8. The van der Waals surface area contributed by atoms with E-state index in [9.17, 15) is 19.5 Å².